The van der Waals surface area contributed by atoms with Gasteiger partial charge in [0.1, 0.15) is 0 Å². The summed E-state index contributed by atoms with van der Waals surface area (Å²) in [5.41, 5.74) is 2.08. The third kappa shape index (κ3) is 8.15. The molecule has 3 aliphatic rings. The summed E-state index contributed by atoms with van der Waals surface area (Å²) >= 11 is 2.33. The maximum Gasteiger partial charge on any atom is 0.178 e. The van der Waals surface area contributed by atoms with Gasteiger partial charge in [0, 0.05) is 0 Å². The van der Waals surface area contributed by atoms with Gasteiger partial charge in [-0.15, -0.1) is 11.8 Å². The van der Waals surface area contributed by atoms with E-state index in [4.69, 9.17) is 0 Å². The average Bonchev–Trinajstić information content (AvgIpc) is 2.83. The number of unbranched alkanes of at least 4 members (excludes halogenated alkanes) is 3. The van der Waals surface area contributed by atoms with Crippen molar-refractivity contribution < 1.29 is 0 Å². The molecular formula is C29H53BS. The second-order valence-corrected chi connectivity index (χ2v) is 12.4. The van der Waals surface area contributed by atoms with E-state index in [9.17, 15) is 0 Å². The minimum atomic E-state index is 0.938. The molecule has 0 bridgehead atoms. The van der Waals surface area contributed by atoms with Crippen molar-refractivity contribution in [2.75, 3.05) is 5.75 Å². The van der Waals surface area contributed by atoms with E-state index in [0.29, 0.717) is 0 Å². The van der Waals surface area contributed by atoms with Gasteiger partial charge in [-0.1, -0.05) is 134 Å². The van der Waals surface area contributed by atoms with E-state index < -0.39 is 0 Å². The molecule has 0 spiro atoms. The molecule has 0 amide bonds. The highest BCUT2D eigenvalue weighted by atomic mass is 32.2. The Morgan fingerprint density at radius 1 is 0.645 bits per heavy atom. The summed E-state index contributed by atoms with van der Waals surface area (Å²) in [6, 6.07) is 0. The molecule has 0 nitrogen and oxygen atoms in total. The Morgan fingerprint density at radius 3 is 1.68 bits per heavy atom. The molecule has 0 atom stereocenters. The third-order valence-electron chi connectivity index (χ3n) is 8.82. The van der Waals surface area contributed by atoms with Crippen LogP contribution in [0.4, 0.5) is 0 Å². The lowest BCUT2D eigenvalue weighted by molar-refractivity contribution is 0.403. The first-order chi connectivity index (χ1) is 15.3. The first-order valence-corrected chi connectivity index (χ1v) is 15.7. The predicted octanol–water partition coefficient (Wildman–Crippen LogP) is 10.6. The van der Waals surface area contributed by atoms with Crippen LogP contribution >= 0.6 is 11.8 Å². The Hall–Kier alpha value is 0.155. The van der Waals surface area contributed by atoms with Gasteiger partial charge in [0.25, 0.3) is 0 Å². The van der Waals surface area contributed by atoms with Gasteiger partial charge >= 0.3 is 0 Å². The van der Waals surface area contributed by atoms with Gasteiger partial charge in [0.2, 0.25) is 0 Å². The number of rotatable bonds is 12. The van der Waals surface area contributed by atoms with Crippen molar-refractivity contribution in [1.29, 1.82) is 0 Å². The molecule has 3 fully saturated rings. The summed E-state index contributed by atoms with van der Waals surface area (Å²) in [5, 5.41) is 0. The van der Waals surface area contributed by atoms with E-state index in [0.717, 1.165) is 24.3 Å². The van der Waals surface area contributed by atoms with E-state index in [1.165, 1.54) is 115 Å². The minimum absolute atomic E-state index is 0.938. The minimum Gasteiger partial charge on any atom is -0.131 e. The molecule has 0 aliphatic heterocycles. The van der Waals surface area contributed by atoms with Crippen molar-refractivity contribution in [3.63, 3.8) is 0 Å². The lowest BCUT2D eigenvalue weighted by Gasteiger charge is -2.41. The molecule has 0 aromatic rings. The normalized spacial score (nSPS) is 23.0. The van der Waals surface area contributed by atoms with Crippen LogP contribution in [0.2, 0.25) is 11.6 Å². The summed E-state index contributed by atoms with van der Waals surface area (Å²) in [7, 11) is 0. The zero-order valence-electron chi connectivity index (χ0n) is 21.3. The van der Waals surface area contributed by atoms with Crippen LogP contribution in [-0.2, 0) is 0 Å². The van der Waals surface area contributed by atoms with Crippen LogP contribution in [0.1, 0.15) is 149 Å². The highest BCUT2D eigenvalue weighted by Crippen LogP contribution is 2.50. The molecule has 2 heteroatoms. The van der Waals surface area contributed by atoms with Crippen LogP contribution in [0.15, 0.2) is 10.4 Å². The van der Waals surface area contributed by atoms with E-state index in [1.807, 2.05) is 4.91 Å². The van der Waals surface area contributed by atoms with E-state index in [-0.39, 0.29) is 0 Å². The molecule has 3 saturated carbocycles. The van der Waals surface area contributed by atoms with E-state index in [2.05, 4.69) is 31.1 Å². The van der Waals surface area contributed by atoms with Gasteiger partial charge in [0.15, 0.2) is 6.71 Å². The van der Waals surface area contributed by atoms with Gasteiger partial charge in [-0.25, -0.2) is 0 Å². The second kappa shape index (κ2) is 15.1. The summed E-state index contributed by atoms with van der Waals surface area (Å²) in [6.45, 7) is 5.70. The summed E-state index contributed by atoms with van der Waals surface area (Å²) in [6.07, 6.45) is 31.1. The lowest BCUT2D eigenvalue weighted by Crippen LogP contribution is -2.36. The van der Waals surface area contributed by atoms with Crippen LogP contribution in [0.25, 0.3) is 0 Å². The highest BCUT2D eigenvalue weighted by molar-refractivity contribution is 8.03. The molecule has 0 radical (unpaired) electrons. The molecule has 0 N–H and O–H groups in total. The fourth-order valence-corrected chi connectivity index (χ4v) is 8.59. The Labute approximate surface area is 200 Å². The monoisotopic (exact) mass is 444 g/mol. The molecule has 0 unspecified atom stereocenters. The van der Waals surface area contributed by atoms with Crippen LogP contribution in [0.5, 0.6) is 0 Å². The zero-order chi connectivity index (χ0) is 21.7. The van der Waals surface area contributed by atoms with Gasteiger partial charge in [-0.3, -0.25) is 0 Å². The molecule has 178 valence electrons. The van der Waals surface area contributed by atoms with Crippen LogP contribution < -0.4 is 0 Å². The first kappa shape index (κ1) is 25.8. The first-order valence-electron chi connectivity index (χ1n) is 14.7. The topological polar surface area (TPSA) is 0 Å². The van der Waals surface area contributed by atoms with Gasteiger partial charge < -0.3 is 0 Å². The van der Waals surface area contributed by atoms with Gasteiger partial charge in [-0.05, 0) is 48.7 Å². The molecule has 0 aromatic carbocycles. The maximum absolute atomic E-state index is 2.38. The molecular weight excluding hydrogens is 391 g/mol. The fourth-order valence-electron chi connectivity index (χ4n) is 7.15. The molecule has 31 heavy (non-hydrogen) atoms. The van der Waals surface area contributed by atoms with Crippen LogP contribution in [-0.4, -0.2) is 12.5 Å². The molecule has 0 heterocycles. The summed E-state index contributed by atoms with van der Waals surface area (Å²) in [5.74, 6) is 4.34. The molecule has 0 aromatic heterocycles. The number of hydrogen-bond donors (Lipinski definition) is 0. The highest BCUT2D eigenvalue weighted by Gasteiger charge is 2.41. The van der Waals surface area contributed by atoms with Gasteiger partial charge in [-0.2, -0.15) is 0 Å². The Bertz CT molecular complexity index is 465. The number of hydrogen-bond acceptors (Lipinski definition) is 1. The predicted molar refractivity (Wildman–Crippen MR) is 145 cm³/mol. The van der Waals surface area contributed by atoms with Crippen molar-refractivity contribution >= 4 is 18.5 Å². The van der Waals surface area contributed by atoms with Crippen molar-refractivity contribution in [2.24, 2.45) is 5.92 Å². The van der Waals surface area contributed by atoms with Crippen molar-refractivity contribution in [3.05, 3.63) is 10.4 Å². The summed E-state index contributed by atoms with van der Waals surface area (Å²) < 4.78 is 0. The Kier molecular flexibility index (Phi) is 12.6. The van der Waals surface area contributed by atoms with E-state index in [1.54, 1.807) is 25.7 Å². The van der Waals surface area contributed by atoms with Crippen molar-refractivity contribution in [1.82, 2.24) is 0 Å². The van der Waals surface area contributed by atoms with Crippen LogP contribution in [0, 0.1) is 5.92 Å². The third-order valence-corrected chi connectivity index (χ3v) is 10.1. The molecule has 3 rings (SSSR count). The second-order valence-electron chi connectivity index (χ2n) is 11.2. The molecule has 3 aliphatic carbocycles. The molecule has 0 saturated heterocycles. The van der Waals surface area contributed by atoms with Crippen molar-refractivity contribution in [2.45, 2.75) is 160 Å². The Morgan fingerprint density at radius 2 is 1.16 bits per heavy atom. The van der Waals surface area contributed by atoms with Crippen LogP contribution in [0.3, 0.4) is 0 Å². The van der Waals surface area contributed by atoms with Gasteiger partial charge in [0.05, 0.1) is 0 Å². The Balaban J connectivity index is 1.95. The quantitative estimate of drug-likeness (QED) is 0.213. The summed E-state index contributed by atoms with van der Waals surface area (Å²) in [4.78, 5) is 1.93. The fraction of sp³-hybridized carbons (Fsp3) is 0.931. The van der Waals surface area contributed by atoms with Crippen molar-refractivity contribution in [3.8, 4) is 0 Å². The zero-order valence-corrected chi connectivity index (χ0v) is 22.1. The average molecular weight is 445 g/mol. The number of allylic oxidation sites excluding steroid dienone is 2. The van der Waals surface area contributed by atoms with E-state index >= 15 is 0 Å². The standard InChI is InChI=1S/C29H53BS/c1-3-5-10-23-28(31-24-6-4-2)29(25-17-11-7-12-18-25)30(26-19-13-8-14-20-26)27-21-15-9-16-22-27/h25-27H,3-24H2,1-2H3/b29-28-. The largest absolute Gasteiger partial charge is 0.178 e. The smallest absolute Gasteiger partial charge is 0.131 e. The number of thioether (sulfide) groups is 1. The SMILES string of the molecule is CCCCC/C(SCCCC)=C(/B(C1CCCCC1)C1CCCCC1)C1CCCCC1. The maximum atomic E-state index is 2.38. The lowest BCUT2D eigenvalue weighted by atomic mass is 9.25.